The number of aliphatic carboxylic acids is 1. The number of benzene rings is 1. The summed E-state index contributed by atoms with van der Waals surface area (Å²) < 4.78 is 5.55. The number of carbonyl (C=O) groups excluding carboxylic acids is 2. The third kappa shape index (κ3) is 5.54. The van der Waals surface area contributed by atoms with Crippen molar-refractivity contribution < 1.29 is 24.2 Å². The lowest BCUT2D eigenvalue weighted by molar-refractivity contribution is -0.155. The van der Waals surface area contributed by atoms with Crippen molar-refractivity contribution in [2.45, 2.75) is 19.1 Å². The fourth-order valence-corrected chi connectivity index (χ4v) is 2.75. The third-order valence-corrected chi connectivity index (χ3v) is 3.84. The molecule has 136 valence electrons. The number of carbonyl (C=O) groups is 3. The molecule has 0 unspecified atom stereocenters. The smallest absolute Gasteiger partial charge is 0.300 e. The van der Waals surface area contributed by atoms with E-state index in [4.69, 9.17) is 14.6 Å². The fraction of sp³-hybridized carbons (Fsp3) is 0.471. The number of carboxylic acid groups (broad SMARTS) is 1. The molecule has 1 aromatic rings. The molecule has 0 aromatic heterocycles. The van der Waals surface area contributed by atoms with Gasteiger partial charge in [0.1, 0.15) is 6.61 Å². The summed E-state index contributed by atoms with van der Waals surface area (Å²) in [6, 6.07) is 9.07. The molecule has 0 saturated carbocycles. The Hall–Kier alpha value is -2.45. The number of hydrogen-bond donors (Lipinski definition) is 3. The van der Waals surface area contributed by atoms with Crippen molar-refractivity contribution in [1.29, 1.82) is 0 Å². The van der Waals surface area contributed by atoms with E-state index in [-0.39, 0.29) is 18.4 Å². The first-order valence-corrected chi connectivity index (χ1v) is 8.14. The SMILES string of the molecule is CC(=O)O.O=C1CO[C@H](C(=O)N2CCNCC2)[C@@H](c2ccccc2)N1. The van der Waals surface area contributed by atoms with Crippen molar-refractivity contribution in [3.05, 3.63) is 35.9 Å². The van der Waals surface area contributed by atoms with Crippen molar-refractivity contribution in [3.63, 3.8) is 0 Å². The molecule has 0 spiro atoms. The van der Waals surface area contributed by atoms with Crippen LogP contribution in [0.4, 0.5) is 0 Å². The van der Waals surface area contributed by atoms with Crippen LogP contribution in [0, 0.1) is 0 Å². The molecule has 3 rings (SSSR count). The van der Waals surface area contributed by atoms with Crippen molar-refractivity contribution in [2.75, 3.05) is 32.8 Å². The second-order valence-electron chi connectivity index (χ2n) is 5.78. The lowest BCUT2D eigenvalue weighted by Crippen LogP contribution is -2.56. The molecule has 2 amide bonds. The Kier molecular flexibility index (Phi) is 6.91. The molecule has 3 N–H and O–H groups in total. The number of amides is 2. The van der Waals surface area contributed by atoms with Crippen molar-refractivity contribution >= 4 is 17.8 Å². The summed E-state index contributed by atoms with van der Waals surface area (Å²) in [6.07, 6.45) is -0.650. The van der Waals surface area contributed by atoms with E-state index in [1.54, 1.807) is 4.90 Å². The fourth-order valence-electron chi connectivity index (χ4n) is 2.75. The molecule has 2 fully saturated rings. The van der Waals surface area contributed by atoms with Gasteiger partial charge in [-0.25, -0.2) is 0 Å². The number of carboxylic acids is 1. The first kappa shape index (κ1) is 18.9. The van der Waals surface area contributed by atoms with E-state index in [0.717, 1.165) is 25.6 Å². The Morgan fingerprint density at radius 2 is 1.80 bits per heavy atom. The van der Waals surface area contributed by atoms with E-state index in [2.05, 4.69) is 10.6 Å². The highest BCUT2D eigenvalue weighted by atomic mass is 16.5. The Morgan fingerprint density at radius 3 is 2.40 bits per heavy atom. The lowest BCUT2D eigenvalue weighted by atomic mass is 9.98. The zero-order valence-corrected chi connectivity index (χ0v) is 14.1. The molecule has 2 saturated heterocycles. The minimum absolute atomic E-state index is 0.0506. The van der Waals surface area contributed by atoms with E-state index < -0.39 is 18.1 Å². The maximum atomic E-state index is 12.7. The lowest BCUT2D eigenvalue weighted by Gasteiger charge is -2.36. The molecule has 0 radical (unpaired) electrons. The van der Waals surface area contributed by atoms with Gasteiger partial charge in [0.2, 0.25) is 5.91 Å². The zero-order chi connectivity index (χ0) is 18.2. The van der Waals surface area contributed by atoms with Crippen LogP contribution < -0.4 is 10.6 Å². The summed E-state index contributed by atoms with van der Waals surface area (Å²) in [5.74, 6) is -1.07. The maximum Gasteiger partial charge on any atom is 0.300 e. The predicted octanol–water partition coefficient (Wildman–Crippen LogP) is -0.235. The van der Waals surface area contributed by atoms with Gasteiger partial charge in [0.25, 0.3) is 11.9 Å². The first-order valence-electron chi connectivity index (χ1n) is 8.14. The molecule has 2 atom stereocenters. The molecule has 8 heteroatoms. The van der Waals surface area contributed by atoms with Crippen LogP contribution in [-0.4, -0.2) is 66.7 Å². The summed E-state index contributed by atoms with van der Waals surface area (Å²) in [5.41, 5.74) is 0.888. The molecule has 0 bridgehead atoms. The van der Waals surface area contributed by atoms with Gasteiger partial charge in [0.15, 0.2) is 6.10 Å². The van der Waals surface area contributed by atoms with Crippen LogP contribution in [0.1, 0.15) is 18.5 Å². The average Bonchev–Trinajstić information content (AvgIpc) is 2.62. The standard InChI is InChI=1S/C15H19N3O3.C2H4O2/c19-12-10-21-14(15(20)18-8-6-16-7-9-18)13(17-12)11-4-2-1-3-5-11;1-2(3)4/h1-5,13-14,16H,6-10H2,(H,17,19);1H3,(H,3,4)/t13-,14+;/m1./s1. The number of hydrogen-bond acceptors (Lipinski definition) is 5. The normalized spacial score (nSPS) is 23.1. The van der Waals surface area contributed by atoms with E-state index >= 15 is 0 Å². The molecule has 2 heterocycles. The summed E-state index contributed by atoms with van der Waals surface area (Å²) in [4.78, 5) is 35.1. The Bertz CT molecular complexity index is 598. The van der Waals surface area contributed by atoms with Gasteiger partial charge in [0, 0.05) is 33.1 Å². The Balaban J connectivity index is 0.000000511. The number of nitrogens with zero attached hydrogens (tertiary/aromatic N) is 1. The monoisotopic (exact) mass is 349 g/mol. The van der Waals surface area contributed by atoms with Gasteiger partial charge in [-0.2, -0.15) is 0 Å². The Labute approximate surface area is 146 Å². The van der Waals surface area contributed by atoms with Crippen LogP contribution in [-0.2, 0) is 19.1 Å². The molecule has 25 heavy (non-hydrogen) atoms. The van der Waals surface area contributed by atoms with E-state index in [1.165, 1.54) is 0 Å². The number of morpholine rings is 1. The highest BCUT2D eigenvalue weighted by molar-refractivity contribution is 5.86. The number of nitrogens with one attached hydrogen (secondary N) is 2. The highest BCUT2D eigenvalue weighted by Gasteiger charge is 2.38. The van der Waals surface area contributed by atoms with Crippen LogP contribution in [0.3, 0.4) is 0 Å². The highest BCUT2D eigenvalue weighted by Crippen LogP contribution is 2.24. The van der Waals surface area contributed by atoms with Crippen LogP contribution in [0.2, 0.25) is 0 Å². The summed E-state index contributed by atoms with van der Waals surface area (Å²) in [7, 11) is 0. The van der Waals surface area contributed by atoms with Crippen molar-refractivity contribution in [1.82, 2.24) is 15.5 Å². The molecular weight excluding hydrogens is 326 g/mol. The maximum absolute atomic E-state index is 12.7. The van der Waals surface area contributed by atoms with Gasteiger partial charge in [-0.3, -0.25) is 14.4 Å². The molecule has 1 aromatic carbocycles. The molecule has 8 nitrogen and oxygen atoms in total. The van der Waals surface area contributed by atoms with Crippen LogP contribution in [0.25, 0.3) is 0 Å². The van der Waals surface area contributed by atoms with Crippen molar-refractivity contribution in [3.8, 4) is 0 Å². The van der Waals surface area contributed by atoms with Gasteiger partial charge in [-0.05, 0) is 5.56 Å². The van der Waals surface area contributed by atoms with Gasteiger partial charge >= 0.3 is 0 Å². The van der Waals surface area contributed by atoms with E-state index in [9.17, 15) is 9.59 Å². The topological polar surface area (TPSA) is 108 Å². The summed E-state index contributed by atoms with van der Waals surface area (Å²) in [6.45, 7) is 3.95. The minimum atomic E-state index is -0.833. The second kappa shape index (κ2) is 9.14. The van der Waals surface area contributed by atoms with Crippen molar-refractivity contribution in [2.24, 2.45) is 0 Å². The average molecular weight is 349 g/mol. The van der Waals surface area contributed by atoms with Crippen LogP contribution in [0.15, 0.2) is 30.3 Å². The first-order chi connectivity index (χ1) is 12.0. The van der Waals surface area contributed by atoms with Crippen LogP contribution >= 0.6 is 0 Å². The number of ether oxygens (including phenoxy) is 1. The number of rotatable bonds is 2. The third-order valence-electron chi connectivity index (χ3n) is 3.84. The minimum Gasteiger partial charge on any atom is -0.481 e. The second-order valence-corrected chi connectivity index (χ2v) is 5.78. The van der Waals surface area contributed by atoms with Gasteiger partial charge in [0.05, 0.1) is 6.04 Å². The number of piperazine rings is 1. The largest absolute Gasteiger partial charge is 0.481 e. The molecular formula is C17H23N3O5. The Morgan fingerprint density at radius 1 is 1.20 bits per heavy atom. The quantitative estimate of drug-likeness (QED) is 0.680. The summed E-state index contributed by atoms with van der Waals surface area (Å²) >= 11 is 0. The van der Waals surface area contributed by atoms with Gasteiger partial charge in [-0.15, -0.1) is 0 Å². The summed E-state index contributed by atoms with van der Waals surface area (Å²) in [5, 5.41) is 13.5. The van der Waals surface area contributed by atoms with Crippen LogP contribution in [0.5, 0.6) is 0 Å². The molecule has 2 aliphatic heterocycles. The molecule has 2 aliphatic rings. The van der Waals surface area contributed by atoms with E-state index in [1.807, 2.05) is 30.3 Å². The predicted molar refractivity (Wildman–Crippen MR) is 89.8 cm³/mol. The van der Waals surface area contributed by atoms with Gasteiger partial charge in [-0.1, -0.05) is 30.3 Å². The molecule has 0 aliphatic carbocycles. The van der Waals surface area contributed by atoms with Gasteiger partial charge < -0.3 is 25.4 Å². The zero-order valence-electron chi connectivity index (χ0n) is 14.1. The van der Waals surface area contributed by atoms with E-state index in [0.29, 0.717) is 13.1 Å².